The highest BCUT2D eigenvalue weighted by Crippen LogP contribution is 2.13. The number of carbonyl (C=O) groups is 1. The van der Waals surface area contributed by atoms with Gasteiger partial charge in [0.25, 0.3) is 0 Å². The van der Waals surface area contributed by atoms with Crippen molar-refractivity contribution in [2.45, 2.75) is 103 Å². The largest absolute Gasteiger partial charge is 0.355 e. The molecule has 1 N–H and O–H groups in total. The van der Waals surface area contributed by atoms with E-state index in [0.717, 1.165) is 19.5 Å². The number of carbonyl (C=O) groups excluding carboxylic acids is 1. The molecule has 0 bridgehead atoms. The van der Waals surface area contributed by atoms with Gasteiger partial charge in [-0.2, -0.15) is 0 Å². The minimum Gasteiger partial charge on any atom is -0.355 e. The van der Waals surface area contributed by atoms with Gasteiger partial charge in [-0.25, -0.2) is 0 Å². The van der Waals surface area contributed by atoms with Crippen molar-refractivity contribution in [3.05, 3.63) is 0 Å². The molecule has 0 rings (SSSR count). The molecule has 3 heteroatoms. The Kier molecular flexibility index (Phi) is 18.3. The summed E-state index contributed by atoms with van der Waals surface area (Å²) in [6.07, 6.45) is 19.7. The summed E-state index contributed by atoms with van der Waals surface area (Å²) in [4.78, 5) is 13.7. The molecule has 0 unspecified atom stereocenters. The number of likely N-dealkylation sites (N-methyl/N-ethyl adjacent to an activating group) is 1. The Bertz CT molecular complexity index is 267. The maximum atomic E-state index is 11.6. The topological polar surface area (TPSA) is 32.3 Å². The van der Waals surface area contributed by atoms with Crippen LogP contribution in [-0.2, 0) is 4.79 Å². The molecule has 3 nitrogen and oxygen atoms in total. The van der Waals surface area contributed by atoms with Gasteiger partial charge in [-0.05, 0) is 20.5 Å². The highest BCUT2D eigenvalue weighted by atomic mass is 16.1. The Morgan fingerprint density at radius 1 is 0.708 bits per heavy atom. The Morgan fingerprint density at radius 3 is 1.54 bits per heavy atom. The lowest BCUT2D eigenvalue weighted by Crippen LogP contribution is -2.31. The molecule has 0 aliphatic heterocycles. The molecule has 0 aromatic heterocycles. The van der Waals surface area contributed by atoms with Crippen LogP contribution in [0.2, 0.25) is 0 Å². The monoisotopic (exact) mass is 340 g/mol. The molecule has 24 heavy (non-hydrogen) atoms. The molecular weight excluding hydrogens is 296 g/mol. The molecule has 0 aromatic rings. The molecular formula is C21H44N2O. The van der Waals surface area contributed by atoms with Crippen LogP contribution < -0.4 is 5.32 Å². The zero-order valence-corrected chi connectivity index (χ0v) is 16.9. The van der Waals surface area contributed by atoms with Crippen molar-refractivity contribution < 1.29 is 4.79 Å². The average Bonchev–Trinajstić information content (AvgIpc) is 2.55. The van der Waals surface area contributed by atoms with E-state index in [1.165, 1.54) is 83.5 Å². The zero-order chi connectivity index (χ0) is 17.9. The van der Waals surface area contributed by atoms with Crippen LogP contribution in [-0.4, -0.2) is 38.0 Å². The summed E-state index contributed by atoms with van der Waals surface area (Å²) < 4.78 is 0. The van der Waals surface area contributed by atoms with Crippen molar-refractivity contribution in [3.63, 3.8) is 0 Å². The van der Waals surface area contributed by atoms with E-state index in [2.05, 4.69) is 17.1 Å². The summed E-state index contributed by atoms with van der Waals surface area (Å²) in [7, 11) is 4.06. The minimum atomic E-state index is 0.218. The molecule has 1 amide bonds. The first-order valence-corrected chi connectivity index (χ1v) is 10.6. The van der Waals surface area contributed by atoms with Crippen LogP contribution in [0.3, 0.4) is 0 Å². The Morgan fingerprint density at radius 2 is 1.12 bits per heavy atom. The number of amides is 1. The predicted octanol–water partition coefficient (Wildman–Crippen LogP) is 5.54. The second kappa shape index (κ2) is 18.8. The summed E-state index contributed by atoms with van der Waals surface area (Å²) in [5, 5.41) is 2.98. The molecule has 0 atom stereocenters. The number of nitrogens with one attached hydrogen (secondary N) is 1. The van der Waals surface area contributed by atoms with Crippen molar-refractivity contribution in [2.24, 2.45) is 0 Å². The van der Waals surface area contributed by atoms with E-state index >= 15 is 0 Å². The molecule has 0 heterocycles. The lowest BCUT2D eigenvalue weighted by Gasteiger charge is -2.10. The smallest absolute Gasteiger partial charge is 0.220 e. The third kappa shape index (κ3) is 19.5. The molecule has 144 valence electrons. The second-order valence-electron chi connectivity index (χ2n) is 7.50. The third-order valence-corrected chi connectivity index (χ3v) is 4.64. The highest BCUT2D eigenvalue weighted by molar-refractivity contribution is 5.75. The predicted molar refractivity (Wildman–Crippen MR) is 106 cm³/mol. The maximum Gasteiger partial charge on any atom is 0.220 e. The Labute approximate surface area is 152 Å². The van der Waals surface area contributed by atoms with Crippen molar-refractivity contribution in [1.82, 2.24) is 10.2 Å². The second-order valence-corrected chi connectivity index (χ2v) is 7.50. The molecule has 0 aliphatic carbocycles. The number of unbranched alkanes of at least 4 members (excludes halogenated alkanes) is 13. The van der Waals surface area contributed by atoms with Gasteiger partial charge in [0, 0.05) is 19.5 Å². The van der Waals surface area contributed by atoms with Crippen LogP contribution in [0.25, 0.3) is 0 Å². The van der Waals surface area contributed by atoms with E-state index in [1.807, 2.05) is 14.1 Å². The summed E-state index contributed by atoms with van der Waals surface area (Å²) in [5.74, 6) is 0.218. The quantitative estimate of drug-likeness (QED) is 0.332. The van der Waals surface area contributed by atoms with Gasteiger partial charge in [-0.3, -0.25) is 4.79 Å². The van der Waals surface area contributed by atoms with Crippen LogP contribution >= 0.6 is 0 Å². The van der Waals surface area contributed by atoms with Gasteiger partial charge in [-0.1, -0.05) is 90.4 Å². The molecule has 0 saturated carbocycles. The van der Waals surface area contributed by atoms with Crippen LogP contribution in [0.1, 0.15) is 103 Å². The number of hydrogen-bond donors (Lipinski definition) is 1. The molecule has 0 radical (unpaired) electrons. The summed E-state index contributed by atoms with van der Waals surface area (Å²) in [5.41, 5.74) is 0. The highest BCUT2D eigenvalue weighted by Gasteiger charge is 2.00. The van der Waals surface area contributed by atoms with Gasteiger partial charge in [0.15, 0.2) is 0 Å². The Hall–Kier alpha value is -0.570. The Balaban J connectivity index is 3.10. The van der Waals surface area contributed by atoms with E-state index in [0.29, 0.717) is 6.42 Å². The van der Waals surface area contributed by atoms with Crippen molar-refractivity contribution in [3.8, 4) is 0 Å². The van der Waals surface area contributed by atoms with E-state index in [-0.39, 0.29) is 5.91 Å². The SMILES string of the molecule is CCCCCCCCCCCCCCCCC(=O)NCCN(C)C. The number of hydrogen-bond acceptors (Lipinski definition) is 2. The number of rotatable bonds is 18. The van der Waals surface area contributed by atoms with Crippen molar-refractivity contribution in [1.29, 1.82) is 0 Å². The lowest BCUT2D eigenvalue weighted by atomic mass is 10.0. The van der Waals surface area contributed by atoms with E-state index in [4.69, 9.17) is 0 Å². The van der Waals surface area contributed by atoms with Crippen molar-refractivity contribution in [2.75, 3.05) is 27.2 Å². The van der Waals surface area contributed by atoms with Crippen molar-refractivity contribution >= 4 is 5.91 Å². The first-order chi connectivity index (χ1) is 11.7. The first-order valence-electron chi connectivity index (χ1n) is 10.6. The average molecular weight is 341 g/mol. The van der Waals surface area contributed by atoms with Gasteiger partial charge >= 0.3 is 0 Å². The fraction of sp³-hybridized carbons (Fsp3) is 0.952. The van der Waals surface area contributed by atoms with E-state index in [1.54, 1.807) is 0 Å². The number of nitrogens with zero attached hydrogens (tertiary/aromatic N) is 1. The third-order valence-electron chi connectivity index (χ3n) is 4.64. The standard InChI is InChI=1S/C21H44N2O/c1-4-5-6-7-8-9-10-11-12-13-14-15-16-17-18-21(24)22-19-20-23(2)3/h4-20H2,1-3H3,(H,22,24). The normalized spacial score (nSPS) is 11.2. The fourth-order valence-electron chi connectivity index (χ4n) is 2.99. The van der Waals surface area contributed by atoms with Crippen LogP contribution in [0.5, 0.6) is 0 Å². The molecule has 0 aliphatic rings. The van der Waals surface area contributed by atoms with E-state index in [9.17, 15) is 4.79 Å². The lowest BCUT2D eigenvalue weighted by molar-refractivity contribution is -0.121. The van der Waals surface area contributed by atoms with E-state index < -0.39 is 0 Å². The van der Waals surface area contributed by atoms with Gasteiger partial charge < -0.3 is 10.2 Å². The molecule has 0 spiro atoms. The van der Waals surface area contributed by atoms with Gasteiger partial charge in [-0.15, -0.1) is 0 Å². The molecule has 0 fully saturated rings. The first kappa shape index (κ1) is 23.4. The molecule has 0 aromatic carbocycles. The summed E-state index contributed by atoms with van der Waals surface area (Å²) in [6, 6.07) is 0. The maximum absolute atomic E-state index is 11.6. The molecule has 0 saturated heterocycles. The van der Waals surface area contributed by atoms with Gasteiger partial charge in [0.05, 0.1) is 0 Å². The minimum absolute atomic E-state index is 0.218. The zero-order valence-electron chi connectivity index (χ0n) is 16.9. The van der Waals surface area contributed by atoms with Crippen LogP contribution in [0.4, 0.5) is 0 Å². The van der Waals surface area contributed by atoms with Gasteiger partial charge in [0.2, 0.25) is 5.91 Å². The summed E-state index contributed by atoms with van der Waals surface area (Å²) >= 11 is 0. The summed E-state index contributed by atoms with van der Waals surface area (Å²) in [6.45, 7) is 3.97. The van der Waals surface area contributed by atoms with Crippen LogP contribution in [0, 0.1) is 0 Å². The van der Waals surface area contributed by atoms with Crippen LogP contribution in [0.15, 0.2) is 0 Å². The van der Waals surface area contributed by atoms with Gasteiger partial charge in [0.1, 0.15) is 0 Å². The fourth-order valence-corrected chi connectivity index (χ4v) is 2.99.